The number of carboxylic acids is 2. The standard InChI is InChI=1S/C40H54O12/c1-21(19-50-32(47)12-10-30(43)44)22(2)35(49)36(52-33(48)13-11-31(45)46)24(4)34-28(51-25(5)41)18-38(7)29-9-8-26-23(3)27(42)14-15-39(26)20-40(29,39)17-16-37(34,38)6/h14-15,21,23-24,26,28-29,34,36H,2,8-13,16-20H2,1,3-7H3,(H,43,44)(H,45,46)/t21-,23-,24-,26?,28-,29?,34-,36+,37+,38-,39+,40-/m0/s1. The van der Waals surface area contributed by atoms with Gasteiger partial charge in [0.25, 0.3) is 0 Å². The van der Waals surface area contributed by atoms with Crippen molar-refractivity contribution >= 4 is 41.4 Å². The van der Waals surface area contributed by atoms with Gasteiger partial charge < -0.3 is 24.4 Å². The zero-order chi connectivity index (χ0) is 38.6. The molecule has 2 unspecified atom stereocenters. The number of carbonyl (C=O) groups excluding carboxylic acids is 5. The third kappa shape index (κ3) is 6.52. The lowest BCUT2D eigenvalue weighted by molar-refractivity contribution is -0.168. The Kier molecular flexibility index (Phi) is 10.7. The molecule has 12 atom stereocenters. The molecule has 12 heteroatoms. The summed E-state index contributed by atoms with van der Waals surface area (Å²) in [7, 11) is 0. The summed E-state index contributed by atoms with van der Waals surface area (Å²) in [6.07, 6.45) is 5.43. The number of rotatable bonds is 15. The molecule has 2 N–H and O–H groups in total. The molecule has 4 saturated carbocycles. The van der Waals surface area contributed by atoms with Crippen LogP contribution in [0.25, 0.3) is 0 Å². The van der Waals surface area contributed by atoms with Gasteiger partial charge in [-0.05, 0) is 83.7 Å². The molecule has 0 aromatic heterocycles. The van der Waals surface area contributed by atoms with Gasteiger partial charge in [-0.1, -0.05) is 47.3 Å². The van der Waals surface area contributed by atoms with Crippen molar-refractivity contribution < 1.29 is 58.0 Å². The van der Waals surface area contributed by atoms with E-state index in [4.69, 9.17) is 19.3 Å². The summed E-state index contributed by atoms with van der Waals surface area (Å²) in [4.78, 5) is 87.1. The second-order valence-electron chi connectivity index (χ2n) is 16.9. The minimum Gasteiger partial charge on any atom is -0.481 e. The third-order valence-corrected chi connectivity index (χ3v) is 14.4. The van der Waals surface area contributed by atoms with E-state index >= 15 is 0 Å². The average molecular weight is 727 g/mol. The van der Waals surface area contributed by atoms with E-state index in [1.54, 1.807) is 13.0 Å². The van der Waals surface area contributed by atoms with Gasteiger partial charge in [0, 0.05) is 30.6 Å². The van der Waals surface area contributed by atoms with Crippen molar-refractivity contribution in [2.45, 2.75) is 118 Å². The first kappa shape index (κ1) is 39.4. The Bertz CT molecular complexity index is 1580. The summed E-state index contributed by atoms with van der Waals surface area (Å²) in [6.45, 7) is 15.1. The summed E-state index contributed by atoms with van der Waals surface area (Å²) in [6, 6.07) is 0. The number of ether oxygens (including phenoxy) is 3. The van der Waals surface area contributed by atoms with Gasteiger partial charge in [-0.2, -0.15) is 0 Å². The van der Waals surface area contributed by atoms with E-state index in [0.29, 0.717) is 12.3 Å². The van der Waals surface area contributed by atoms with Gasteiger partial charge >= 0.3 is 29.8 Å². The predicted molar refractivity (Wildman–Crippen MR) is 185 cm³/mol. The monoisotopic (exact) mass is 726 g/mol. The Balaban J connectivity index is 1.45. The van der Waals surface area contributed by atoms with Crippen molar-refractivity contribution in [3.63, 3.8) is 0 Å². The molecule has 0 radical (unpaired) electrons. The number of carboxylic acid groups (broad SMARTS) is 2. The highest BCUT2D eigenvalue weighted by molar-refractivity contribution is 6.00. The highest BCUT2D eigenvalue weighted by Crippen LogP contribution is 2.87. The number of hydrogen-bond acceptors (Lipinski definition) is 10. The van der Waals surface area contributed by atoms with Gasteiger partial charge in [0.15, 0.2) is 17.7 Å². The smallest absolute Gasteiger partial charge is 0.307 e. The van der Waals surface area contributed by atoms with Crippen LogP contribution in [0, 0.1) is 57.2 Å². The van der Waals surface area contributed by atoms with E-state index in [-0.39, 0.29) is 52.5 Å². The lowest BCUT2D eigenvalue weighted by atomic mass is 9.43. The first-order valence-corrected chi connectivity index (χ1v) is 18.7. The Morgan fingerprint density at radius 3 is 2.19 bits per heavy atom. The fraction of sp³-hybridized carbons (Fsp3) is 0.725. The number of esters is 3. The fourth-order valence-electron chi connectivity index (χ4n) is 11.7. The summed E-state index contributed by atoms with van der Waals surface area (Å²) in [5, 5.41) is 18.1. The number of fused-ring (bicyclic) bond motifs is 2. The zero-order valence-electron chi connectivity index (χ0n) is 31.2. The first-order valence-electron chi connectivity index (χ1n) is 18.7. The molecule has 5 rings (SSSR count). The van der Waals surface area contributed by atoms with Gasteiger partial charge in [-0.3, -0.25) is 33.6 Å². The molecule has 5 aliphatic rings. The van der Waals surface area contributed by atoms with Crippen LogP contribution in [0.1, 0.15) is 106 Å². The second-order valence-corrected chi connectivity index (χ2v) is 16.9. The Morgan fingerprint density at radius 2 is 1.58 bits per heavy atom. The molecule has 0 amide bonds. The normalized spacial score (nSPS) is 37.1. The van der Waals surface area contributed by atoms with Gasteiger partial charge in [0.05, 0.1) is 32.3 Å². The van der Waals surface area contributed by atoms with Gasteiger partial charge in [-0.25, -0.2) is 0 Å². The van der Waals surface area contributed by atoms with Gasteiger partial charge in [-0.15, -0.1) is 0 Å². The van der Waals surface area contributed by atoms with Crippen LogP contribution in [0.2, 0.25) is 0 Å². The first-order chi connectivity index (χ1) is 24.2. The zero-order valence-corrected chi connectivity index (χ0v) is 31.2. The molecule has 0 heterocycles. The lowest BCUT2D eigenvalue weighted by Crippen LogP contribution is -2.56. The second kappa shape index (κ2) is 14.2. The van der Waals surface area contributed by atoms with Crippen LogP contribution >= 0.6 is 0 Å². The van der Waals surface area contributed by atoms with Crippen molar-refractivity contribution in [1.29, 1.82) is 0 Å². The molecular formula is C40H54O12. The predicted octanol–water partition coefficient (Wildman–Crippen LogP) is 5.50. The summed E-state index contributed by atoms with van der Waals surface area (Å²) in [5.41, 5.74) is -0.766. The minimum atomic E-state index is -1.40. The van der Waals surface area contributed by atoms with Crippen LogP contribution in [0.3, 0.4) is 0 Å². The van der Waals surface area contributed by atoms with E-state index < -0.39 is 90.3 Å². The highest BCUT2D eigenvalue weighted by Gasteiger charge is 2.81. The average Bonchev–Trinajstić information content (AvgIpc) is 3.68. The lowest BCUT2D eigenvalue weighted by Gasteiger charge is -2.61. The van der Waals surface area contributed by atoms with Crippen molar-refractivity contribution in [1.82, 2.24) is 0 Å². The number of Topliss-reactive ketones (excluding diaryl/α,β-unsaturated/α-hetero) is 1. The summed E-state index contributed by atoms with van der Waals surface area (Å²) >= 11 is 0. The SMILES string of the molecule is C=C(C(=O)[C@H](OC(=O)CCC(=O)O)[C@@H](C)[C@H]1[C@@H](OC(C)=O)C[C@@]2(C)C3CCC4[C@H](C)C(=O)C=C[C@@]45C[C@@]35CC[C@]12C)[C@@H](C)COC(=O)CCC(=O)O. The molecule has 4 fully saturated rings. The molecule has 0 aromatic rings. The Hall–Kier alpha value is -3.83. The molecule has 286 valence electrons. The highest BCUT2D eigenvalue weighted by atomic mass is 16.6. The minimum absolute atomic E-state index is 0.0251. The van der Waals surface area contributed by atoms with Crippen LogP contribution in [0.15, 0.2) is 24.3 Å². The maximum absolute atomic E-state index is 14.3. The van der Waals surface area contributed by atoms with Crippen molar-refractivity contribution in [2.24, 2.45) is 57.2 Å². The Labute approximate surface area is 305 Å². The molecular weight excluding hydrogens is 672 g/mol. The number of allylic oxidation sites excluding steroid dienone is 2. The van der Waals surface area contributed by atoms with E-state index in [1.165, 1.54) is 6.92 Å². The number of aliphatic carboxylic acids is 2. The van der Waals surface area contributed by atoms with Crippen LogP contribution in [-0.2, 0) is 47.8 Å². The fourth-order valence-corrected chi connectivity index (χ4v) is 11.7. The van der Waals surface area contributed by atoms with Crippen LogP contribution in [0.4, 0.5) is 0 Å². The van der Waals surface area contributed by atoms with Gasteiger partial charge in [0.1, 0.15) is 6.10 Å². The van der Waals surface area contributed by atoms with Crippen molar-refractivity contribution in [2.75, 3.05) is 6.61 Å². The number of hydrogen-bond donors (Lipinski definition) is 2. The van der Waals surface area contributed by atoms with E-state index in [1.807, 2.05) is 6.92 Å². The van der Waals surface area contributed by atoms with E-state index in [2.05, 4.69) is 33.4 Å². The molecule has 0 bridgehead atoms. The van der Waals surface area contributed by atoms with E-state index in [9.17, 15) is 38.7 Å². The molecule has 0 aliphatic heterocycles. The molecule has 0 aromatic carbocycles. The third-order valence-electron chi connectivity index (χ3n) is 14.4. The topological polar surface area (TPSA) is 188 Å². The molecule has 5 aliphatic carbocycles. The maximum atomic E-state index is 14.3. The van der Waals surface area contributed by atoms with E-state index in [0.717, 1.165) is 32.1 Å². The van der Waals surface area contributed by atoms with Crippen LogP contribution in [-0.4, -0.2) is 70.4 Å². The summed E-state index contributed by atoms with van der Waals surface area (Å²) in [5.74, 6) is -6.11. The Morgan fingerprint density at radius 1 is 0.942 bits per heavy atom. The maximum Gasteiger partial charge on any atom is 0.307 e. The molecule has 12 nitrogen and oxygen atoms in total. The van der Waals surface area contributed by atoms with Crippen molar-refractivity contribution in [3.8, 4) is 0 Å². The number of carbonyl (C=O) groups is 7. The van der Waals surface area contributed by atoms with Gasteiger partial charge in [0.2, 0.25) is 0 Å². The number of ketones is 2. The quantitative estimate of drug-likeness (QED) is 0.123. The molecule has 52 heavy (non-hydrogen) atoms. The van der Waals surface area contributed by atoms with Crippen molar-refractivity contribution in [3.05, 3.63) is 24.3 Å². The largest absolute Gasteiger partial charge is 0.481 e. The van der Waals surface area contributed by atoms with Crippen LogP contribution < -0.4 is 0 Å². The summed E-state index contributed by atoms with van der Waals surface area (Å²) < 4.78 is 17.2. The molecule has 0 saturated heterocycles. The van der Waals surface area contributed by atoms with Crippen LogP contribution in [0.5, 0.6) is 0 Å². The molecule has 2 spiro atoms.